The molecule has 0 radical (unpaired) electrons. The first kappa shape index (κ1) is 33.5. The normalized spacial score (nSPS) is 12.2. The lowest BCUT2D eigenvalue weighted by atomic mass is 10.1. The summed E-state index contributed by atoms with van der Waals surface area (Å²) in [5.74, 6) is -2.08. The van der Waals surface area contributed by atoms with Crippen molar-refractivity contribution in [2.24, 2.45) is 0 Å². The maximum atomic E-state index is 12.2. The van der Waals surface area contributed by atoms with Gasteiger partial charge in [-0.2, -0.15) is 13.2 Å². The third-order valence-corrected chi connectivity index (χ3v) is 5.30. The minimum absolute atomic E-state index is 0.113. The summed E-state index contributed by atoms with van der Waals surface area (Å²) in [6.07, 6.45) is -5.30. The van der Waals surface area contributed by atoms with E-state index in [4.69, 9.17) is 14.6 Å². The lowest BCUT2D eigenvalue weighted by Crippen LogP contribution is -2.41. The van der Waals surface area contributed by atoms with E-state index in [1.807, 2.05) is 42.5 Å². The molecule has 6 N–H and O–H groups in total. The molecule has 2 amide bonds. The number of carboxylic acid groups (broad SMARTS) is 1. The van der Waals surface area contributed by atoms with Crippen molar-refractivity contribution < 1.29 is 47.7 Å². The van der Waals surface area contributed by atoms with E-state index in [1.165, 1.54) is 18.2 Å². The van der Waals surface area contributed by atoms with Gasteiger partial charge >= 0.3 is 18.2 Å². The number of nitro groups is 1. The van der Waals surface area contributed by atoms with Crippen LogP contribution in [-0.2, 0) is 11.2 Å². The number of rotatable bonds is 12. The van der Waals surface area contributed by atoms with Gasteiger partial charge in [-0.1, -0.05) is 36.4 Å². The molecule has 12 nitrogen and oxygen atoms in total. The Morgan fingerprint density at radius 3 is 2.14 bits per heavy atom. The number of aliphatic carboxylic acids is 1. The molecule has 0 unspecified atom stereocenters. The van der Waals surface area contributed by atoms with Crippen molar-refractivity contribution in [3.63, 3.8) is 0 Å². The predicted octanol–water partition coefficient (Wildman–Crippen LogP) is 3.81. The van der Waals surface area contributed by atoms with Crippen molar-refractivity contribution in [1.82, 2.24) is 5.32 Å². The topological polar surface area (TPSA) is 183 Å². The zero-order valence-corrected chi connectivity index (χ0v) is 22.0. The predicted molar refractivity (Wildman–Crippen MR) is 146 cm³/mol. The van der Waals surface area contributed by atoms with Crippen molar-refractivity contribution >= 4 is 29.1 Å². The number of nitro benzene ring substituents is 1. The molecule has 0 aliphatic rings. The number of alkyl halides is 3. The van der Waals surface area contributed by atoms with Crippen LogP contribution in [0.4, 0.5) is 35.0 Å². The van der Waals surface area contributed by atoms with Gasteiger partial charge in [-0.15, -0.1) is 0 Å². The number of para-hydroxylation sites is 1. The molecule has 3 aromatic carbocycles. The molecule has 0 aliphatic carbocycles. The van der Waals surface area contributed by atoms with Crippen LogP contribution in [0.5, 0.6) is 5.75 Å². The zero-order chi connectivity index (χ0) is 31.1. The van der Waals surface area contributed by atoms with Crippen molar-refractivity contribution in [2.75, 3.05) is 30.4 Å². The molecule has 0 bridgehead atoms. The van der Waals surface area contributed by atoms with Gasteiger partial charge in [0, 0.05) is 36.1 Å². The van der Waals surface area contributed by atoms with E-state index in [9.17, 15) is 38.3 Å². The summed E-state index contributed by atoms with van der Waals surface area (Å²) in [6, 6.07) is 21.2. The fourth-order valence-corrected chi connectivity index (χ4v) is 3.27. The quantitative estimate of drug-likeness (QED) is 0.134. The lowest BCUT2D eigenvalue weighted by molar-refractivity contribution is -0.384. The van der Waals surface area contributed by atoms with Crippen LogP contribution in [0.15, 0.2) is 78.9 Å². The Morgan fingerprint density at radius 2 is 1.57 bits per heavy atom. The van der Waals surface area contributed by atoms with Gasteiger partial charge in [0.1, 0.15) is 18.5 Å². The molecule has 0 heterocycles. The highest BCUT2D eigenvalue weighted by Crippen LogP contribution is 2.18. The SMILES string of the molecule is O=C(Nc1ccc(C[C@@H](CO)NC[C@H](O)COc2ccccc2)cc1)Nc1cccc([N+](=O)[O-])c1.O=C(O)C(F)(F)F. The largest absolute Gasteiger partial charge is 0.491 e. The molecule has 3 aromatic rings. The van der Waals surface area contributed by atoms with Gasteiger partial charge in [-0.05, 0) is 42.3 Å². The van der Waals surface area contributed by atoms with Crippen LogP contribution in [0.25, 0.3) is 0 Å². The maximum Gasteiger partial charge on any atom is 0.490 e. The highest BCUT2D eigenvalue weighted by atomic mass is 19.4. The fraction of sp³-hybridized carbons (Fsp3) is 0.259. The number of aliphatic hydroxyl groups is 2. The number of urea groups is 1. The molecule has 42 heavy (non-hydrogen) atoms. The Morgan fingerprint density at radius 1 is 0.952 bits per heavy atom. The van der Waals surface area contributed by atoms with Crippen molar-refractivity contribution in [3.05, 3.63) is 94.5 Å². The van der Waals surface area contributed by atoms with Crippen LogP contribution in [0.1, 0.15) is 5.56 Å². The van der Waals surface area contributed by atoms with Gasteiger partial charge in [0.05, 0.1) is 11.5 Å². The van der Waals surface area contributed by atoms with Gasteiger partial charge in [0.2, 0.25) is 0 Å². The third kappa shape index (κ3) is 12.6. The van der Waals surface area contributed by atoms with Crippen LogP contribution >= 0.6 is 0 Å². The standard InChI is InChI=1S/C25H28N4O6.C2HF3O2/c30-16-21(26-15-23(31)17-35-24-7-2-1-3-8-24)13-18-9-11-19(12-10-18)27-25(32)28-20-5-4-6-22(14-20)29(33)34;3-2(4,5)1(6)7/h1-12,14,21,23,26,30-31H,13,15-17H2,(H2,27,28,32);(H,6,7)/t21-,23-;/m0./s1. The number of anilines is 2. The van der Waals surface area contributed by atoms with Gasteiger partial charge in [0.15, 0.2) is 0 Å². The second-order valence-electron chi connectivity index (χ2n) is 8.66. The molecule has 0 spiro atoms. The third-order valence-electron chi connectivity index (χ3n) is 5.30. The minimum Gasteiger partial charge on any atom is -0.491 e. The number of amides is 2. The van der Waals surface area contributed by atoms with Crippen LogP contribution in [0, 0.1) is 10.1 Å². The van der Waals surface area contributed by atoms with E-state index in [1.54, 1.807) is 18.2 Å². The zero-order valence-electron chi connectivity index (χ0n) is 22.0. The summed E-state index contributed by atoms with van der Waals surface area (Å²) in [7, 11) is 0. The van der Waals surface area contributed by atoms with E-state index in [0.717, 1.165) is 5.56 Å². The number of nitrogens with zero attached hydrogens (tertiary/aromatic N) is 1. The Hall–Kier alpha value is -4.73. The molecule has 0 saturated carbocycles. The van der Waals surface area contributed by atoms with Crippen LogP contribution < -0.4 is 20.7 Å². The molecular weight excluding hydrogens is 565 g/mol. The number of nitrogens with one attached hydrogen (secondary N) is 3. The molecule has 0 aliphatic heterocycles. The number of carboxylic acids is 1. The molecule has 15 heteroatoms. The van der Waals surface area contributed by atoms with E-state index in [0.29, 0.717) is 23.5 Å². The molecule has 0 fully saturated rings. The van der Waals surface area contributed by atoms with E-state index >= 15 is 0 Å². The van der Waals surface area contributed by atoms with Gasteiger partial charge in [-0.3, -0.25) is 10.1 Å². The Labute approximate surface area is 237 Å². The molecule has 226 valence electrons. The summed E-state index contributed by atoms with van der Waals surface area (Å²) in [4.78, 5) is 31.4. The number of hydrogen-bond donors (Lipinski definition) is 6. The van der Waals surface area contributed by atoms with Crippen LogP contribution in [0.2, 0.25) is 0 Å². The second kappa shape index (κ2) is 16.5. The molecule has 3 rings (SSSR count). The van der Waals surface area contributed by atoms with Crippen LogP contribution in [-0.4, -0.2) is 70.3 Å². The summed E-state index contributed by atoms with van der Waals surface area (Å²) in [5, 5.41) is 46.2. The van der Waals surface area contributed by atoms with Crippen molar-refractivity contribution in [1.29, 1.82) is 0 Å². The minimum atomic E-state index is -5.08. The van der Waals surface area contributed by atoms with Gasteiger partial charge in [0.25, 0.3) is 5.69 Å². The Balaban J connectivity index is 0.000000782. The van der Waals surface area contributed by atoms with Gasteiger partial charge < -0.3 is 36.0 Å². The number of carbonyl (C=O) groups excluding carboxylic acids is 1. The molecule has 2 atom stereocenters. The first-order valence-corrected chi connectivity index (χ1v) is 12.3. The van der Waals surface area contributed by atoms with E-state index in [2.05, 4.69) is 16.0 Å². The smallest absolute Gasteiger partial charge is 0.490 e. The number of benzene rings is 3. The number of ether oxygens (including phenoxy) is 1. The van der Waals surface area contributed by atoms with Crippen molar-refractivity contribution in [3.8, 4) is 5.75 Å². The average molecular weight is 595 g/mol. The highest BCUT2D eigenvalue weighted by Gasteiger charge is 2.38. The summed E-state index contributed by atoms with van der Waals surface area (Å²) in [5.41, 5.74) is 1.66. The fourth-order valence-electron chi connectivity index (χ4n) is 3.27. The van der Waals surface area contributed by atoms with Crippen molar-refractivity contribution in [2.45, 2.75) is 24.7 Å². The number of hydrogen-bond acceptors (Lipinski definition) is 8. The van der Waals surface area contributed by atoms with E-state index in [-0.39, 0.29) is 31.5 Å². The first-order valence-electron chi connectivity index (χ1n) is 12.3. The highest BCUT2D eigenvalue weighted by molar-refractivity contribution is 5.99. The summed E-state index contributed by atoms with van der Waals surface area (Å²) < 4.78 is 37.3. The Bertz CT molecular complexity index is 1290. The molecule has 0 aromatic heterocycles. The summed E-state index contributed by atoms with van der Waals surface area (Å²) >= 11 is 0. The monoisotopic (exact) mass is 594 g/mol. The second-order valence-corrected chi connectivity index (χ2v) is 8.66. The molecular formula is C27H29F3N4O8. The van der Waals surface area contributed by atoms with Crippen LogP contribution in [0.3, 0.4) is 0 Å². The number of aliphatic hydroxyl groups excluding tert-OH is 2. The number of halogens is 3. The maximum absolute atomic E-state index is 12.2. The van der Waals surface area contributed by atoms with E-state index < -0.39 is 29.2 Å². The lowest BCUT2D eigenvalue weighted by Gasteiger charge is -2.19. The number of non-ortho nitro benzene ring substituents is 1. The molecule has 0 saturated heterocycles. The van der Waals surface area contributed by atoms with Gasteiger partial charge in [-0.25, -0.2) is 9.59 Å². The summed E-state index contributed by atoms with van der Waals surface area (Å²) in [6.45, 7) is 0.279. The first-order chi connectivity index (χ1) is 19.9. The number of carbonyl (C=O) groups is 2. The Kier molecular flexibility index (Phi) is 13.2. The average Bonchev–Trinajstić information content (AvgIpc) is 2.95.